The molecule has 0 fully saturated rings. The quantitative estimate of drug-likeness (QED) is 0.700. The van der Waals surface area contributed by atoms with Crippen LogP contribution in [0.1, 0.15) is 20.8 Å². The Labute approximate surface area is 137 Å². The molecular weight excluding hydrogens is 310 g/mol. The maximum Gasteiger partial charge on any atom is 0.358 e. The van der Waals surface area contributed by atoms with E-state index in [4.69, 9.17) is 14.4 Å². The molecule has 2 aromatic carbocycles. The highest BCUT2D eigenvalue weighted by molar-refractivity contribution is 5.97. The van der Waals surface area contributed by atoms with Gasteiger partial charge in [-0.25, -0.2) is 4.79 Å². The molecule has 0 aliphatic rings. The second-order valence-corrected chi connectivity index (χ2v) is 4.96. The molecule has 1 heterocycles. The summed E-state index contributed by atoms with van der Waals surface area (Å²) in [6, 6.07) is 17.0. The SMILES string of the molecule is O=C(COc1ccccc1-c1cc(C(=O)O)no1)c1ccccc1. The van der Waals surface area contributed by atoms with Crippen LogP contribution in [-0.2, 0) is 0 Å². The van der Waals surface area contributed by atoms with Crippen molar-refractivity contribution in [2.75, 3.05) is 6.61 Å². The molecule has 1 N–H and O–H groups in total. The van der Waals surface area contributed by atoms with Gasteiger partial charge in [0.1, 0.15) is 5.75 Å². The number of carboxylic acids is 1. The molecule has 0 saturated carbocycles. The molecule has 0 aliphatic carbocycles. The Morgan fingerprint density at radius 2 is 1.75 bits per heavy atom. The number of rotatable bonds is 6. The van der Waals surface area contributed by atoms with Gasteiger partial charge in [-0.3, -0.25) is 4.79 Å². The molecule has 120 valence electrons. The van der Waals surface area contributed by atoms with Gasteiger partial charge in [0.25, 0.3) is 0 Å². The summed E-state index contributed by atoms with van der Waals surface area (Å²) in [5.74, 6) is -0.665. The number of carbonyl (C=O) groups is 2. The fourth-order valence-electron chi connectivity index (χ4n) is 2.15. The third-order valence-electron chi connectivity index (χ3n) is 3.34. The predicted molar refractivity (Wildman–Crippen MR) is 85.2 cm³/mol. The molecule has 6 nitrogen and oxygen atoms in total. The number of ketones is 1. The van der Waals surface area contributed by atoms with E-state index in [2.05, 4.69) is 5.16 Å². The van der Waals surface area contributed by atoms with Gasteiger partial charge in [-0.1, -0.05) is 47.6 Å². The van der Waals surface area contributed by atoms with E-state index in [9.17, 15) is 9.59 Å². The number of hydrogen-bond acceptors (Lipinski definition) is 5. The lowest BCUT2D eigenvalue weighted by Gasteiger charge is -2.09. The molecule has 0 radical (unpaired) electrons. The fraction of sp³-hybridized carbons (Fsp3) is 0.0556. The lowest BCUT2D eigenvalue weighted by molar-refractivity contribution is 0.0685. The first-order chi connectivity index (χ1) is 11.6. The average molecular weight is 323 g/mol. The zero-order valence-electron chi connectivity index (χ0n) is 12.5. The standard InChI is InChI=1S/C18H13NO5/c20-15(12-6-2-1-3-7-12)11-23-16-9-5-4-8-13(16)17-10-14(18(21)22)19-24-17/h1-10H,11H2,(H,21,22). The first-order valence-corrected chi connectivity index (χ1v) is 7.15. The van der Waals surface area contributed by atoms with Gasteiger partial charge in [0, 0.05) is 11.6 Å². The van der Waals surface area contributed by atoms with Crippen LogP contribution in [-0.4, -0.2) is 28.6 Å². The fourth-order valence-corrected chi connectivity index (χ4v) is 2.15. The van der Waals surface area contributed by atoms with Crippen LogP contribution in [0.25, 0.3) is 11.3 Å². The van der Waals surface area contributed by atoms with E-state index in [0.29, 0.717) is 16.9 Å². The minimum atomic E-state index is -1.18. The van der Waals surface area contributed by atoms with Crippen LogP contribution in [0.5, 0.6) is 5.75 Å². The second-order valence-electron chi connectivity index (χ2n) is 4.96. The Morgan fingerprint density at radius 3 is 2.46 bits per heavy atom. The number of aromatic nitrogens is 1. The zero-order valence-corrected chi connectivity index (χ0v) is 12.5. The van der Waals surface area contributed by atoms with E-state index in [1.54, 1.807) is 48.5 Å². The molecule has 0 atom stereocenters. The zero-order chi connectivity index (χ0) is 16.9. The summed E-state index contributed by atoms with van der Waals surface area (Å²) >= 11 is 0. The maximum absolute atomic E-state index is 12.1. The van der Waals surface area contributed by atoms with Gasteiger partial charge in [0.05, 0.1) is 5.56 Å². The summed E-state index contributed by atoms with van der Waals surface area (Å²) in [6.45, 7) is -0.138. The molecule has 3 aromatic rings. The Bertz CT molecular complexity index is 870. The Balaban J connectivity index is 1.79. The maximum atomic E-state index is 12.1. The van der Waals surface area contributed by atoms with Crippen molar-refractivity contribution in [3.8, 4) is 17.1 Å². The molecule has 3 rings (SSSR count). The molecule has 0 bridgehead atoms. The van der Waals surface area contributed by atoms with Crippen molar-refractivity contribution in [3.05, 3.63) is 71.9 Å². The van der Waals surface area contributed by atoms with Crippen molar-refractivity contribution in [3.63, 3.8) is 0 Å². The number of benzene rings is 2. The number of Topliss-reactive ketones (excluding diaryl/α,β-unsaturated/α-hetero) is 1. The van der Waals surface area contributed by atoms with Gasteiger partial charge in [0.2, 0.25) is 0 Å². The van der Waals surface area contributed by atoms with Crippen molar-refractivity contribution in [2.45, 2.75) is 0 Å². The van der Waals surface area contributed by atoms with Crippen molar-refractivity contribution in [1.29, 1.82) is 0 Å². The molecule has 0 saturated heterocycles. The van der Waals surface area contributed by atoms with E-state index in [-0.39, 0.29) is 23.8 Å². The lowest BCUT2D eigenvalue weighted by atomic mass is 10.1. The molecule has 1 aromatic heterocycles. The van der Waals surface area contributed by atoms with E-state index in [1.807, 2.05) is 6.07 Å². The summed E-state index contributed by atoms with van der Waals surface area (Å²) in [5.41, 5.74) is 0.890. The summed E-state index contributed by atoms with van der Waals surface area (Å²) in [5, 5.41) is 12.4. The summed E-state index contributed by atoms with van der Waals surface area (Å²) in [4.78, 5) is 23.0. The largest absolute Gasteiger partial charge is 0.485 e. The summed E-state index contributed by atoms with van der Waals surface area (Å²) in [7, 11) is 0. The lowest BCUT2D eigenvalue weighted by Crippen LogP contribution is -2.11. The van der Waals surface area contributed by atoms with E-state index < -0.39 is 5.97 Å². The number of nitrogens with zero attached hydrogens (tertiary/aromatic N) is 1. The predicted octanol–water partition coefficient (Wildman–Crippen LogP) is 3.30. The van der Waals surface area contributed by atoms with Gasteiger partial charge in [-0.15, -0.1) is 0 Å². The molecule has 24 heavy (non-hydrogen) atoms. The molecule has 0 unspecified atom stereocenters. The number of hydrogen-bond donors (Lipinski definition) is 1. The third-order valence-corrected chi connectivity index (χ3v) is 3.34. The molecule has 6 heteroatoms. The van der Waals surface area contributed by atoms with Crippen molar-refractivity contribution in [2.24, 2.45) is 0 Å². The highest BCUT2D eigenvalue weighted by Gasteiger charge is 2.16. The van der Waals surface area contributed by atoms with Crippen molar-refractivity contribution < 1.29 is 24.0 Å². The minimum absolute atomic E-state index is 0.138. The first kappa shape index (κ1) is 15.5. The van der Waals surface area contributed by atoms with Gasteiger partial charge < -0.3 is 14.4 Å². The monoisotopic (exact) mass is 323 g/mol. The van der Waals surface area contributed by atoms with Crippen LogP contribution < -0.4 is 4.74 Å². The highest BCUT2D eigenvalue weighted by Crippen LogP contribution is 2.30. The topological polar surface area (TPSA) is 89.6 Å². The van der Waals surface area contributed by atoms with E-state index in [1.165, 1.54) is 6.07 Å². The van der Waals surface area contributed by atoms with Crippen LogP contribution in [0, 0.1) is 0 Å². The normalized spacial score (nSPS) is 10.3. The molecule has 0 amide bonds. The Kier molecular flexibility index (Phi) is 4.38. The number of aromatic carboxylic acids is 1. The number of ether oxygens (including phenoxy) is 1. The average Bonchev–Trinajstić information content (AvgIpc) is 3.11. The Morgan fingerprint density at radius 1 is 1.04 bits per heavy atom. The Hall–Kier alpha value is -3.41. The van der Waals surface area contributed by atoms with Crippen LogP contribution in [0.4, 0.5) is 0 Å². The minimum Gasteiger partial charge on any atom is -0.485 e. The van der Waals surface area contributed by atoms with E-state index >= 15 is 0 Å². The van der Waals surface area contributed by atoms with Crippen LogP contribution >= 0.6 is 0 Å². The van der Waals surface area contributed by atoms with Gasteiger partial charge in [-0.05, 0) is 12.1 Å². The van der Waals surface area contributed by atoms with E-state index in [0.717, 1.165) is 0 Å². The number of para-hydroxylation sites is 1. The van der Waals surface area contributed by atoms with Crippen molar-refractivity contribution >= 4 is 11.8 Å². The first-order valence-electron chi connectivity index (χ1n) is 7.15. The third kappa shape index (κ3) is 3.33. The number of carbonyl (C=O) groups excluding carboxylic acids is 1. The van der Waals surface area contributed by atoms with Gasteiger partial charge >= 0.3 is 5.97 Å². The van der Waals surface area contributed by atoms with Crippen molar-refractivity contribution in [1.82, 2.24) is 5.16 Å². The van der Waals surface area contributed by atoms with Crippen LogP contribution in [0.3, 0.4) is 0 Å². The molecular formula is C18H13NO5. The second kappa shape index (κ2) is 6.78. The number of carboxylic acid groups (broad SMARTS) is 1. The molecule has 0 spiro atoms. The molecule has 0 aliphatic heterocycles. The summed E-state index contributed by atoms with van der Waals surface area (Å²) in [6.07, 6.45) is 0. The highest BCUT2D eigenvalue weighted by atomic mass is 16.5. The van der Waals surface area contributed by atoms with Crippen LogP contribution in [0.2, 0.25) is 0 Å². The van der Waals surface area contributed by atoms with Gasteiger partial charge in [-0.2, -0.15) is 0 Å². The summed E-state index contributed by atoms with van der Waals surface area (Å²) < 4.78 is 10.6. The van der Waals surface area contributed by atoms with Gasteiger partial charge in [0.15, 0.2) is 23.8 Å². The van der Waals surface area contributed by atoms with Crippen LogP contribution in [0.15, 0.2) is 65.2 Å². The smallest absolute Gasteiger partial charge is 0.358 e.